The fourth-order valence-corrected chi connectivity index (χ4v) is 3.72. The van der Waals surface area contributed by atoms with Gasteiger partial charge in [0.05, 0.1) is 0 Å². The van der Waals surface area contributed by atoms with Gasteiger partial charge in [-0.3, -0.25) is 0 Å². The highest BCUT2D eigenvalue weighted by molar-refractivity contribution is 4.62. The monoisotopic (exact) mass is 324 g/mol. The quantitative estimate of drug-likeness (QED) is 0.208. The summed E-state index contributed by atoms with van der Waals surface area (Å²) in [4.78, 5) is 0. The minimum atomic E-state index is 1.05. The predicted octanol–water partition coefficient (Wildman–Crippen LogP) is 9.07. The third-order valence-corrected chi connectivity index (χ3v) is 5.40. The average molecular weight is 325 g/mol. The zero-order valence-electron chi connectivity index (χ0n) is 17.0. The first kappa shape index (κ1) is 23.0. The van der Waals surface area contributed by atoms with Gasteiger partial charge in [-0.2, -0.15) is 0 Å². The van der Waals surface area contributed by atoms with Crippen LogP contribution in [-0.2, 0) is 0 Å². The summed E-state index contributed by atoms with van der Waals surface area (Å²) in [6.07, 6.45) is 27.8. The Hall–Kier alpha value is 0. The van der Waals surface area contributed by atoms with E-state index in [1.54, 1.807) is 0 Å². The van der Waals surface area contributed by atoms with Crippen LogP contribution in [-0.4, -0.2) is 0 Å². The van der Waals surface area contributed by atoms with Crippen molar-refractivity contribution in [2.75, 3.05) is 0 Å². The first-order chi connectivity index (χ1) is 11.3. The third-order valence-electron chi connectivity index (χ3n) is 5.40. The molecule has 0 aliphatic rings. The Morgan fingerprint density at radius 2 is 0.609 bits per heavy atom. The highest BCUT2D eigenvalue weighted by atomic mass is 14.1. The lowest BCUT2D eigenvalue weighted by molar-refractivity contribution is 0.366. The predicted molar refractivity (Wildman–Crippen MR) is 108 cm³/mol. The Labute approximate surface area is 149 Å². The second kappa shape index (κ2) is 20.0. The number of rotatable bonds is 19. The molecule has 0 fully saturated rings. The van der Waals surface area contributed by atoms with Crippen molar-refractivity contribution in [1.82, 2.24) is 0 Å². The number of hydrogen-bond acceptors (Lipinski definition) is 0. The van der Waals surface area contributed by atoms with E-state index in [4.69, 9.17) is 0 Å². The van der Waals surface area contributed by atoms with Gasteiger partial charge in [0.2, 0.25) is 0 Å². The van der Waals surface area contributed by atoms with Crippen LogP contribution in [0.2, 0.25) is 0 Å². The molecule has 0 nitrogen and oxygen atoms in total. The lowest BCUT2D eigenvalue weighted by Crippen LogP contribution is -2.01. The summed E-state index contributed by atoms with van der Waals surface area (Å²) in [6.45, 7) is 6.95. The largest absolute Gasteiger partial charge is 0.0654 e. The normalized spacial score (nSPS) is 11.5. The molecule has 0 aliphatic heterocycles. The van der Waals surface area contributed by atoms with Gasteiger partial charge < -0.3 is 0 Å². The Morgan fingerprint density at radius 3 is 0.957 bits per heavy atom. The van der Waals surface area contributed by atoms with E-state index < -0.39 is 0 Å². The van der Waals surface area contributed by atoms with Crippen LogP contribution in [0.4, 0.5) is 0 Å². The van der Waals surface area contributed by atoms with Crippen molar-refractivity contribution in [1.29, 1.82) is 0 Å². The molecule has 0 amide bonds. The molecule has 0 radical (unpaired) electrons. The van der Waals surface area contributed by atoms with Crippen molar-refractivity contribution in [3.8, 4) is 0 Å². The Kier molecular flexibility index (Phi) is 20.0. The van der Waals surface area contributed by atoms with Gasteiger partial charge in [-0.05, 0) is 5.92 Å². The number of hydrogen-bond donors (Lipinski definition) is 0. The van der Waals surface area contributed by atoms with Crippen molar-refractivity contribution >= 4 is 0 Å². The van der Waals surface area contributed by atoms with Gasteiger partial charge in [-0.1, -0.05) is 143 Å². The van der Waals surface area contributed by atoms with Crippen LogP contribution in [0.15, 0.2) is 0 Å². The Balaban J connectivity index is 3.70. The second-order valence-electron chi connectivity index (χ2n) is 7.83. The second-order valence-corrected chi connectivity index (χ2v) is 7.83. The van der Waals surface area contributed by atoms with Gasteiger partial charge in [0.1, 0.15) is 0 Å². The first-order valence-corrected chi connectivity index (χ1v) is 11.3. The molecule has 0 N–H and O–H groups in total. The zero-order valence-corrected chi connectivity index (χ0v) is 17.0. The molecule has 0 heterocycles. The number of unbranched alkanes of at least 4 members (excludes halogenated alkanes) is 13. The first-order valence-electron chi connectivity index (χ1n) is 11.3. The summed E-state index contributed by atoms with van der Waals surface area (Å²) in [7, 11) is 0. The van der Waals surface area contributed by atoms with Crippen LogP contribution >= 0.6 is 0 Å². The van der Waals surface area contributed by atoms with Crippen molar-refractivity contribution in [3.05, 3.63) is 0 Å². The lowest BCUT2D eigenvalue weighted by Gasteiger charge is -2.17. The van der Waals surface area contributed by atoms with Crippen molar-refractivity contribution < 1.29 is 0 Å². The summed E-state index contributed by atoms with van der Waals surface area (Å²) in [6, 6.07) is 0. The fourth-order valence-electron chi connectivity index (χ4n) is 3.72. The van der Waals surface area contributed by atoms with E-state index in [0.717, 1.165) is 5.92 Å². The van der Waals surface area contributed by atoms with Crippen LogP contribution in [0, 0.1) is 5.92 Å². The van der Waals surface area contributed by atoms with Crippen LogP contribution < -0.4 is 0 Å². The molecular weight excluding hydrogens is 276 g/mol. The molecule has 0 unspecified atom stereocenters. The van der Waals surface area contributed by atoms with E-state index in [0.29, 0.717) is 0 Å². The minimum absolute atomic E-state index is 1.05. The molecule has 23 heavy (non-hydrogen) atoms. The molecule has 140 valence electrons. The highest BCUT2D eigenvalue weighted by Gasteiger charge is 2.08. The van der Waals surface area contributed by atoms with Gasteiger partial charge in [0.25, 0.3) is 0 Å². The van der Waals surface area contributed by atoms with Crippen LogP contribution in [0.25, 0.3) is 0 Å². The molecular formula is C23H48. The van der Waals surface area contributed by atoms with E-state index in [-0.39, 0.29) is 0 Å². The zero-order chi connectivity index (χ0) is 17.0. The smallest absolute Gasteiger partial charge is 0.0414 e. The molecule has 0 saturated carbocycles. The van der Waals surface area contributed by atoms with Crippen LogP contribution in [0.1, 0.15) is 143 Å². The van der Waals surface area contributed by atoms with Crippen molar-refractivity contribution in [2.45, 2.75) is 143 Å². The standard InChI is InChI=1S/C23H48/c1-4-7-10-13-15-18-21-23(20-17-12-9-6-3)22-19-16-14-11-8-5-2/h23H,4-22H2,1-3H3. The molecule has 0 aliphatic carbocycles. The summed E-state index contributed by atoms with van der Waals surface area (Å²) in [5, 5.41) is 0. The molecule has 0 spiro atoms. The van der Waals surface area contributed by atoms with Gasteiger partial charge in [0, 0.05) is 0 Å². The minimum Gasteiger partial charge on any atom is -0.0654 e. The maximum atomic E-state index is 2.32. The maximum Gasteiger partial charge on any atom is -0.0414 e. The Morgan fingerprint density at radius 1 is 0.348 bits per heavy atom. The van der Waals surface area contributed by atoms with Gasteiger partial charge in [-0.25, -0.2) is 0 Å². The molecule has 0 aromatic carbocycles. The summed E-state index contributed by atoms with van der Waals surface area (Å²) >= 11 is 0. The fraction of sp³-hybridized carbons (Fsp3) is 1.00. The third kappa shape index (κ3) is 18.2. The van der Waals surface area contributed by atoms with Crippen molar-refractivity contribution in [3.63, 3.8) is 0 Å². The molecule has 0 rings (SSSR count). The lowest BCUT2D eigenvalue weighted by atomic mass is 9.89. The highest BCUT2D eigenvalue weighted by Crippen LogP contribution is 2.24. The molecule has 0 saturated heterocycles. The summed E-state index contributed by atoms with van der Waals surface area (Å²) in [5.74, 6) is 1.05. The van der Waals surface area contributed by atoms with E-state index in [9.17, 15) is 0 Å². The van der Waals surface area contributed by atoms with Gasteiger partial charge in [-0.15, -0.1) is 0 Å². The molecule has 0 aromatic rings. The topological polar surface area (TPSA) is 0 Å². The molecule has 0 bridgehead atoms. The van der Waals surface area contributed by atoms with Crippen LogP contribution in [0.3, 0.4) is 0 Å². The van der Waals surface area contributed by atoms with E-state index >= 15 is 0 Å². The molecule has 0 atom stereocenters. The molecule has 0 aromatic heterocycles. The van der Waals surface area contributed by atoms with Gasteiger partial charge >= 0.3 is 0 Å². The van der Waals surface area contributed by atoms with Crippen molar-refractivity contribution in [2.24, 2.45) is 5.92 Å². The average Bonchev–Trinajstić information content (AvgIpc) is 2.57. The summed E-state index contributed by atoms with van der Waals surface area (Å²) < 4.78 is 0. The van der Waals surface area contributed by atoms with E-state index in [1.165, 1.54) is 122 Å². The SMILES string of the molecule is CCCCCCCCC(CCCCCC)CCCCCCCC. The maximum absolute atomic E-state index is 2.32. The van der Waals surface area contributed by atoms with E-state index in [1.807, 2.05) is 0 Å². The summed E-state index contributed by atoms with van der Waals surface area (Å²) in [5.41, 5.74) is 0. The van der Waals surface area contributed by atoms with Crippen LogP contribution in [0.5, 0.6) is 0 Å². The Bertz CT molecular complexity index is 180. The van der Waals surface area contributed by atoms with Gasteiger partial charge in [0.15, 0.2) is 0 Å². The van der Waals surface area contributed by atoms with E-state index in [2.05, 4.69) is 20.8 Å². The molecule has 0 heteroatoms.